The summed E-state index contributed by atoms with van der Waals surface area (Å²) in [6.07, 6.45) is 6.87. The van der Waals surface area contributed by atoms with Crippen LogP contribution in [-0.2, 0) is 49.2 Å². The summed E-state index contributed by atoms with van der Waals surface area (Å²) in [5, 5.41) is 16.1. The fourth-order valence-corrected chi connectivity index (χ4v) is 10.0. The van der Waals surface area contributed by atoms with E-state index in [9.17, 15) is 33.9 Å². The first-order valence-electron chi connectivity index (χ1n) is 21.8. The number of pyridine rings is 3. The highest BCUT2D eigenvalue weighted by molar-refractivity contribution is 6.23. The number of benzene rings is 1. The summed E-state index contributed by atoms with van der Waals surface area (Å²) >= 11 is 0. The van der Waals surface area contributed by atoms with E-state index >= 15 is 4.39 Å². The first-order valence-corrected chi connectivity index (χ1v) is 21.8. The van der Waals surface area contributed by atoms with Crippen molar-refractivity contribution >= 4 is 52.5 Å². The van der Waals surface area contributed by atoms with Crippen LogP contribution in [-0.4, -0.2) is 102 Å². The molecule has 4 aromatic heterocycles. The number of hydrogen-bond donors (Lipinski definition) is 3. The average molecular weight is 883 g/mol. The molecule has 8 heterocycles. The molecular weight excluding hydrogens is 836 g/mol. The lowest BCUT2D eigenvalue weighted by Crippen LogP contribution is -2.54. The molecule has 1 aliphatic carbocycles. The van der Waals surface area contributed by atoms with Crippen LogP contribution in [0.25, 0.3) is 11.1 Å². The monoisotopic (exact) mass is 882 g/mol. The summed E-state index contributed by atoms with van der Waals surface area (Å²) in [7, 11) is 1.65. The second kappa shape index (κ2) is 15.9. The molecule has 1 atom stereocenters. The molecule has 18 heteroatoms. The van der Waals surface area contributed by atoms with Gasteiger partial charge in [0.05, 0.1) is 29.6 Å². The van der Waals surface area contributed by atoms with E-state index in [1.165, 1.54) is 21.9 Å². The molecule has 5 aliphatic rings. The minimum atomic E-state index is -1.13. The number of nitrogens with one attached hydrogen (secondary N) is 2. The van der Waals surface area contributed by atoms with Crippen molar-refractivity contribution in [3.63, 3.8) is 0 Å². The largest absolute Gasteiger partial charge is 0.392 e. The molecule has 3 N–H and O–H groups in total. The number of rotatable bonds is 9. The number of anilines is 4. The Balaban J connectivity index is 0.798. The molecule has 0 spiro atoms. The van der Waals surface area contributed by atoms with Gasteiger partial charge in [-0.25, -0.2) is 14.4 Å². The number of aliphatic hydroxyl groups is 1. The highest BCUT2D eigenvalue weighted by Gasteiger charge is 2.45. The van der Waals surface area contributed by atoms with Crippen LogP contribution in [0.1, 0.15) is 80.3 Å². The molecule has 334 valence electrons. The zero-order valence-electron chi connectivity index (χ0n) is 36.2. The number of carbonyl (C=O) groups excluding carboxylic acids is 5. The van der Waals surface area contributed by atoms with Gasteiger partial charge in [-0.15, -0.1) is 0 Å². The molecule has 17 nitrogen and oxygen atoms in total. The highest BCUT2D eigenvalue weighted by atomic mass is 19.1. The van der Waals surface area contributed by atoms with Crippen LogP contribution in [0.4, 0.5) is 27.4 Å². The van der Waals surface area contributed by atoms with Crippen LogP contribution >= 0.6 is 0 Å². The molecule has 5 amide bonds. The summed E-state index contributed by atoms with van der Waals surface area (Å²) in [5.41, 5.74) is 6.00. The number of piperidine rings is 1. The topological polar surface area (TPSA) is 195 Å². The molecule has 2 fully saturated rings. The molecule has 10 rings (SSSR count). The van der Waals surface area contributed by atoms with E-state index in [0.717, 1.165) is 29.5 Å². The first kappa shape index (κ1) is 41.9. The SMILES string of the molecule is Cn1cc(-c2ccnc(N3CCn4c(cc5c4CC(C)(C)C5)C3=O)c2CO)cc(Nc2ccc(N3CCN(Cc4cc5c(cc4F)C(=O)N(C4CCC(=O)NC4=O)C5=O)CC3)cn2)c1=O. The fraction of sp³-hybridized carbons (Fsp3) is 0.362. The third kappa shape index (κ3) is 7.35. The second-order valence-corrected chi connectivity index (χ2v) is 18.2. The van der Waals surface area contributed by atoms with Crippen molar-refractivity contribution in [2.75, 3.05) is 47.8 Å². The van der Waals surface area contributed by atoms with Crippen LogP contribution in [0.2, 0.25) is 0 Å². The second-order valence-electron chi connectivity index (χ2n) is 18.2. The number of nitrogens with zero attached hydrogens (tertiary/aromatic N) is 8. The predicted octanol–water partition coefficient (Wildman–Crippen LogP) is 3.53. The maximum Gasteiger partial charge on any atom is 0.276 e. The number of fused-ring (bicyclic) bond motifs is 4. The molecule has 4 aliphatic heterocycles. The number of aliphatic hydroxyl groups excluding tert-OH is 1. The van der Waals surface area contributed by atoms with E-state index in [4.69, 9.17) is 0 Å². The van der Waals surface area contributed by atoms with Gasteiger partial charge >= 0.3 is 0 Å². The zero-order valence-corrected chi connectivity index (χ0v) is 36.2. The average Bonchev–Trinajstić information content (AvgIpc) is 3.86. The first-order chi connectivity index (χ1) is 31.2. The van der Waals surface area contributed by atoms with Crippen LogP contribution < -0.4 is 26.0 Å². The molecule has 0 saturated carbocycles. The van der Waals surface area contributed by atoms with Crippen molar-refractivity contribution in [3.8, 4) is 11.1 Å². The van der Waals surface area contributed by atoms with Gasteiger partial charge in [0, 0.05) is 94.1 Å². The van der Waals surface area contributed by atoms with Gasteiger partial charge in [-0.3, -0.25) is 48.8 Å². The van der Waals surface area contributed by atoms with Gasteiger partial charge in [-0.2, -0.15) is 0 Å². The van der Waals surface area contributed by atoms with Crippen LogP contribution in [0.5, 0.6) is 0 Å². The van der Waals surface area contributed by atoms with Crippen molar-refractivity contribution in [2.24, 2.45) is 12.5 Å². The molecular formula is C47H47FN10O7. The Labute approximate surface area is 372 Å². The molecule has 0 bridgehead atoms. The smallest absolute Gasteiger partial charge is 0.276 e. The standard InChI is InChI=1S/C47H47FN10O7/c1-47(2)20-26-18-37-46(65)57(15-14-56(37)38(26)21-47)41-33(25-59)30(8-9-49-41)27-17-35(45(64)53(3)23-27)51-39-6-4-29(22-50-39)55-12-10-54(11-13-55)24-28-16-31-32(19-34(28)48)44(63)58(43(31)62)36-5-7-40(60)52-42(36)61/h4,6,8-9,16-19,22-23,36,59H,5,7,10-15,20-21,24-25H2,1-3H3,(H,50,51)(H,52,60,61). The Hall–Kier alpha value is -7.05. The Kier molecular flexibility index (Phi) is 10.2. The Morgan fingerprint density at radius 3 is 2.37 bits per heavy atom. The van der Waals surface area contributed by atoms with Gasteiger partial charge in [0.15, 0.2) is 0 Å². The van der Waals surface area contributed by atoms with Gasteiger partial charge in [0.25, 0.3) is 23.3 Å². The van der Waals surface area contributed by atoms with E-state index in [2.05, 4.69) is 48.8 Å². The van der Waals surface area contributed by atoms with Crippen molar-refractivity contribution in [1.29, 1.82) is 0 Å². The van der Waals surface area contributed by atoms with Gasteiger partial charge < -0.3 is 24.5 Å². The van der Waals surface area contributed by atoms with E-state index in [-0.39, 0.29) is 65.3 Å². The quantitative estimate of drug-likeness (QED) is 0.183. The molecule has 1 unspecified atom stereocenters. The molecule has 5 aromatic rings. The summed E-state index contributed by atoms with van der Waals surface area (Å²) in [6.45, 7) is 7.68. The van der Waals surface area contributed by atoms with Crippen molar-refractivity contribution in [1.82, 2.24) is 34.2 Å². The van der Waals surface area contributed by atoms with Gasteiger partial charge in [-0.1, -0.05) is 13.8 Å². The number of imide groups is 2. The van der Waals surface area contributed by atoms with Crippen LogP contribution in [0.3, 0.4) is 0 Å². The van der Waals surface area contributed by atoms with Crippen LogP contribution in [0.15, 0.2) is 65.8 Å². The Bertz CT molecular complexity index is 2920. The van der Waals surface area contributed by atoms with E-state index < -0.39 is 35.5 Å². The fourth-order valence-electron chi connectivity index (χ4n) is 10.0. The normalized spacial score (nSPS) is 19.4. The van der Waals surface area contributed by atoms with Gasteiger partial charge in [0.2, 0.25) is 11.8 Å². The van der Waals surface area contributed by atoms with Crippen molar-refractivity contribution < 1.29 is 33.5 Å². The lowest BCUT2D eigenvalue weighted by Gasteiger charge is -2.36. The maximum absolute atomic E-state index is 15.4. The molecule has 65 heavy (non-hydrogen) atoms. The maximum atomic E-state index is 15.4. The lowest BCUT2D eigenvalue weighted by atomic mass is 9.90. The number of halogens is 1. The van der Waals surface area contributed by atoms with Crippen molar-refractivity contribution in [2.45, 2.75) is 65.3 Å². The minimum absolute atomic E-state index is 0.00753. The Morgan fingerprint density at radius 2 is 1.65 bits per heavy atom. The third-order valence-corrected chi connectivity index (χ3v) is 13.3. The molecule has 2 saturated heterocycles. The Morgan fingerprint density at radius 1 is 0.877 bits per heavy atom. The zero-order chi connectivity index (χ0) is 45.5. The van der Waals surface area contributed by atoms with E-state index in [1.807, 2.05) is 12.1 Å². The number of piperazine rings is 1. The summed E-state index contributed by atoms with van der Waals surface area (Å²) in [5.74, 6) is -2.59. The van der Waals surface area contributed by atoms with Crippen molar-refractivity contribution in [3.05, 3.63) is 116 Å². The minimum Gasteiger partial charge on any atom is -0.392 e. The summed E-state index contributed by atoms with van der Waals surface area (Å²) in [6, 6.07) is 10.5. The number of aryl methyl sites for hydroxylation is 1. The summed E-state index contributed by atoms with van der Waals surface area (Å²) < 4.78 is 19.0. The van der Waals surface area contributed by atoms with Crippen LogP contribution in [0, 0.1) is 11.2 Å². The number of aromatic nitrogens is 4. The predicted molar refractivity (Wildman–Crippen MR) is 236 cm³/mol. The lowest BCUT2D eigenvalue weighted by molar-refractivity contribution is -0.136. The van der Waals surface area contributed by atoms with E-state index in [0.29, 0.717) is 73.3 Å². The molecule has 1 aromatic carbocycles. The van der Waals surface area contributed by atoms with Gasteiger partial charge in [-0.05, 0) is 78.3 Å². The highest BCUT2D eigenvalue weighted by Crippen LogP contribution is 2.40. The number of carbonyl (C=O) groups is 5. The summed E-state index contributed by atoms with van der Waals surface area (Å²) in [4.78, 5) is 93.8. The van der Waals surface area contributed by atoms with Gasteiger partial charge in [0.1, 0.15) is 34.9 Å². The number of amides is 5. The number of hydrogen-bond acceptors (Lipinski definition) is 12. The third-order valence-electron chi connectivity index (χ3n) is 13.3. The van der Waals surface area contributed by atoms with E-state index in [1.54, 1.807) is 48.7 Å². The molecule has 0 radical (unpaired) electrons.